The van der Waals surface area contributed by atoms with Crippen LogP contribution in [0.2, 0.25) is 5.02 Å². The van der Waals surface area contributed by atoms with Gasteiger partial charge in [-0.25, -0.2) is 18.4 Å². The standard InChI is InChI=1S/C41H38ClN7O6S2/c42-30-12-10-28(11-13-30)35-9-5-4-6-29(35)25-47-18-20-48(21-19-47)32-14-16-36-38(23-32)43-27-44-41(36)46-57(54,55)34-15-17-37(39(24-34)49(52)53)45-31(22-40(50)51)26-56-33-7-2-1-3-8-33/h1-17,23-24,27,31,45H,18-22,25-26H2,(H,50,51)(H,43,44,46). The Balaban J connectivity index is 1.02. The number of nitro benzene ring substituents is 1. The van der Waals surface area contributed by atoms with Crippen LogP contribution >= 0.6 is 23.4 Å². The van der Waals surface area contributed by atoms with Crippen molar-refractivity contribution in [2.75, 3.05) is 46.9 Å². The number of carbonyl (C=O) groups is 1. The predicted molar refractivity (Wildman–Crippen MR) is 225 cm³/mol. The number of aromatic nitrogens is 2. The van der Waals surface area contributed by atoms with Crippen molar-refractivity contribution in [1.82, 2.24) is 14.9 Å². The Morgan fingerprint density at radius 2 is 1.65 bits per heavy atom. The molecule has 6 aromatic rings. The number of benzene rings is 5. The van der Waals surface area contributed by atoms with Crippen molar-refractivity contribution in [2.24, 2.45) is 0 Å². The number of nitro groups is 1. The fraction of sp³-hybridized carbons (Fsp3) is 0.195. The summed E-state index contributed by atoms with van der Waals surface area (Å²) in [6.07, 6.45) is 0.962. The van der Waals surface area contributed by atoms with E-state index in [2.05, 4.69) is 48.0 Å². The molecule has 0 amide bonds. The third-order valence-corrected chi connectivity index (χ3v) is 12.4. The van der Waals surface area contributed by atoms with Gasteiger partial charge in [0.1, 0.15) is 12.0 Å². The van der Waals surface area contributed by atoms with Crippen LogP contribution in [0.1, 0.15) is 12.0 Å². The molecule has 0 aliphatic carbocycles. The lowest BCUT2D eigenvalue weighted by atomic mass is 9.99. The number of halogens is 1. The Labute approximate surface area is 338 Å². The molecule has 1 aliphatic rings. The molecular weight excluding hydrogens is 786 g/mol. The van der Waals surface area contributed by atoms with Crippen LogP contribution in [0.4, 0.5) is 22.9 Å². The van der Waals surface area contributed by atoms with Gasteiger partial charge < -0.3 is 15.3 Å². The van der Waals surface area contributed by atoms with Gasteiger partial charge in [-0.2, -0.15) is 0 Å². The molecule has 1 atom stereocenters. The zero-order valence-electron chi connectivity index (χ0n) is 30.5. The lowest BCUT2D eigenvalue weighted by Gasteiger charge is -2.36. The minimum absolute atomic E-state index is 0.00228. The highest BCUT2D eigenvalue weighted by molar-refractivity contribution is 7.99. The lowest BCUT2D eigenvalue weighted by molar-refractivity contribution is -0.384. The van der Waals surface area contributed by atoms with Crippen molar-refractivity contribution in [3.8, 4) is 11.1 Å². The summed E-state index contributed by atoms with van der Waals surface area (Å²) < 4.78 is 29.8. The maximum atomic E-state index is 13.6. The highest BCUT2D eigenvalue weighted by atomic mass is 35.5. The number of fused-ring (bicyclic) bond motifs is 1. The zero-order chi connectivity index (χ0) is 39.9. The van der Waals surface area contributed by atoms with Crippen molar-refractivity contribution in [2.45, 2.75) is 28.8 Å². The summed E-state index contributed by atoms with van der Waals surface area (Å²) in [6, 6.07) is 34.0. The van der Waals surface area contributed by atoms with E-state index in [0.717, 1.165) is 54.9 Å². The van der Waals surface area contributed by atoms with Gasteiger partial charge in [0, 0.05) is 71.6 Å². The average molecular weight is 824 g/mol. The summed E-state index contributed by atoms with van der Waals surface area (Å²) in [5.74, 6) is -0.753. The lowest BCUT2D eigenvalue weighted by Crippen LogP contribution is -2.46. The smallest absolute Gasteiger partial charge is 0.305 e. The molecule has 0 radical (unpaired) electrons. The van der Waals surface area contributed by atoms with E-state index in [0.29, 0.717) is 21.7 Å². The Morgan fingerprint density at radius 3 is 2.39 bits per heavy atom. The van der Waals surface area contributed by atoms with Crippen molar-refractivity contribution >= 4 is 73.1 Å². The molecule has 57 heavy (non-hydrogen) atoms. The van der Waals surface area contributed by atoms with Crippen LogP contribution < -0.4 is 14.9 Å². The van der Waals surface area contributed by atoms with Gasteiger partial charge in [0.15, 0.2) is 5.82 Å². The number of thioether (sulfide) groups is 1. The summed E-state index contributed by atoms with van der Waals surface area (Å²) in [4.78, 5) is 36.9. The first kappa shape index (κ1) is 39.5. The van der Waals surface area contributed by atoms with Gasteiger partial charge in [-0.3, -0.25) is 24.5 Å². The van der Waals surface area contributed by atoms with E-state index in [1.807, 2.05) is 72.8 Å². The topological polar surface area (TPSA) is 171 Å². The van der Waals surface area contributed by atoms with Crippen molar-refractivity contribution in [3.05, 3.63) is 142 Å². The second-order valence-electron chi connectivity index (χ2n) is 13.5. The molecule has 0 saturated carbocycles. The van der Waals surface area contributed by atoms with Gasteiger partial charge in [0.2, 0.25) is 0 Å². The Kier molecular flexibility index (Phi) is 12.2. The SMILES string of the molecule is O=C(O)CC(CSc1ccccc1)Nc1ccc(S(=O)(=O)Nc2ncnc3cc(N4CCN(Cc5ccccc5-c5ccc(Cl)cc5)CC4)ccc23)cc1[N+](=O)[O-]. The van der Waals surface area contributed by atoms with Gasteiger partial charge in [0.25, 0.3) is 15.7 Å². The number of carboxylic acids is 1. The van der Waals surface area contributed by atoms with Crippen molar-refractivity contribution < 1.29 is 23.2 Å². The maximum Gasteiger partial charge on any atom is 0.305 e. The van der Waals surface area contributed by atoms with E-state index in [1.165, 1.54) is 41.3 Å². The number of carboxylic acid groups (broad SMARTS) is 1. The second kappa shape index (κ2) is 17.6. The summed E-state index contributed by atoms with van der Waals surface area (Å²) in [5.41, 5.74) is 4.51. The molecule has 1 aliphatic heterocycles. The fourth-order valence-corrected chi connectivity index (χ4v) is 8.85. The Hall–Kier alpha value is -5.74. The summed E-state index contributed by atoms with van der Waals surface area (Å²) in [5, 5.41) is 25.8. The van der Waals surface area contributed by atoms with Crippen LogP contribution in [0.25, 0.3) is 22.0 Å². The van der Waals surface area contributed by atoms with Gasteiger partial charge >= 0.3 is 5.97 Å². The summed E-state index contributed by atoms with van der Waals surface area (Å²) in [6.45, 7) is 4.06. The van der Waals surface area contributed by atoms with E-state index >= 15 is 0 Å². The number of rotatable bonds is 15. The minimum Gasteiger partial charge on any atom is -0.481 e. The van der Waals surface area contributed by atoms with E-state index in [1.54, 1.807) is 6.07 Å². The van der Waals surface area contributed by atoms with Crippen LogP contribution in [-0.2, 0) is 21.4 Å². The number of piperazine rings is 1. The maximum absolute atomic E-state index is 13.6. The molecule has 2 heterocycles. The number of hydrogen-bond donors (Lipinski definition) is 3. The molecule has 0 bridgehead atoms. The summed E-state index contributed by atoms with van der Waals surface area (Å²) >= 11 is 7.53. The Morgan fingerprint density at radius 1 is 0.912 bits per heavy atom. The average Bonchev–Trinajstić information content (AvgIpc) is 3.21. The first-order valence-electron chi connectivity index (χ1n) is 18.1. The largest absolute Gasteiger partial charge is 0.481 e. The first-order valence-corrected chi connectivity index (χ1v) is 20.9. The highest BCUT2D eigenvalue weighted by Gasteiger charge is 2.26. The number of anilines is 3. The molecule has 3 N–H and O–H groups in total. The minimum atomic E-state index is -4.35. The first-order chi connectivity index (χ1) is 27.5. The number of aliphatic carboxylic acids is 1. The Bertz CT molecular complexity index is 2500. The number of hydrogen-bond acceptors (Lipinski definition) is 11. The fourth-order valence-electron chi connectivity index (χ4n) is 6.73. The van der Waals surface area contributed by atoms with Crippen LogP contribution in [0.3, 0.4) is 0 Å². The molecule has 1 fully saturated rings. The number of nitrogens with zero attached hydrogens (tertiary/aromatic N) is 5. The quantitative estimate of drug-likeness (QED) is 0.0518. The van der Waals surface area contributed by atoms with Crippen LogP contribution in [0.15, 0.2) is 131 Å². The molecular formula is C41H38ClN7O6S2. The molecule has 1 unspecified atom stereocenters. The molecule has 1 aromatic heterocycles. The zero-order valence-corrected chi connectivity index (χ0v) is 32.9. The van der Waals surface area contributed by atoms with E-state index < -0.39 is 32.6 Å². The van der Waals surface area contributed by atoms with Gasteiger partial charge in [0.05, 0.1) is 21.8 Å². The van der Waals surface area contributed by atoms with Crippen molar-refractivity contribution in [1.29, 1.82) is 0 Å². The van der Waals surface area contributed by atoms with Crippen LogP contribution in [0.5, 0.6) is 0 Å². The molecule has 13 nitrogen and oxygen atoms in total. The third-order valence-electron chi connectivity index (χ3n) is 9.61. The predicted octanol–water partition coefficient (Wildman–Crippen LogP) is 8.03. The van der Waals surface area contributed by atoms with Crippen LogP contribution in [0, 0.1) is 10.1 Å². The molecule has 7 rings (SSSR count). The monoisotopic (exact) mass is 823 g/mol. The van der Waals surface area contributed by atoms with E-state index in [-0.39, 0.29) is 22.8 Å². The molecule has 292 valence electrons. The number of nitrogens with one attached hydrogen (secondary N) is 2. The molecule has 1 saturated heterocycles. The molecule has 5 aromatic carbocycles. The number of sulfonamides is 1. The normalized spacial score (nSPS) is 13.9. The van der Waals surface area contributed by atoms with Crippen LogP contribution in [-0.4, -0.2) is 77.3 Å². The van der Waals surface area contributed by atoms with Gasteiger partial charge in [-0.05, 0) is 71.3 Å². The summed E-state index contributed by atoms with van der Waals surface area (Å²) in [7, 11) is -4.35. The molecule has 16 heteroatoms. The highest BCUT2D eigenvalue weighted by Crippen LogP contribution is 2.33. The third kappa shape index (κ3) is 9.81. The second-order valence-corrected chi connectivity index (χ2v) is 16.7. The van der Waals surface area contributed by atoms with E-state index in [4.69, 9.17) is 11.6 Å². The van der Waals surface area contributed by atoms with E-state index in [9.17, 15) is 28.4 Å². The van der Waals surface area contributed by atoms with Gasteiger partial charge in [-0.1, -0.05) is 66.2 Å². The van der Waals surface area contributed by atoms with Gasteiger partial charge in [-0.15, -0.1) is 11.8 Å². The van der Waals surface area contributed by atoms with Crippen molar-refractivity contribution in [3.63, 3.8) is 0 Å². The molecule has 0 spiro atoms.